The summed E-state index contributed by atoms with van der Waals surface area (Å²) in [6.07, 6.45) is -0.0558. The van der Waals surface area contributed by atoms with E-state index in [1.807, 2.05) is 0 Å². The maximum Gasteiger partial charge on any atom is 0.325 e. The largest absolute Gasteiger partial charge is 0.465 e. The Morgan fingerprint density at radius 3 is 2.69 bits per heavy atom. The third kappa shape index (κ3) is 5.89. The van der Waals surface area contributed by atoms with Crippen LogP contribution in [0.4, 0.5) is 8.78 Å². The van der Waals surface area contributed by atoms with Gasteiger partial charge in [-0.1, -0.05) is 12.1 Å². The second-order valence-corrected chi connectivity index (χ2v) is 7.94. The van der Waals surface area contributed by atoms with Gasteiger partial charge >= 0.3 is 5.97 Å². The van der Waals surface area contributed by atoms with Crippen LogP contribution in [-0.2, 0) is 9.53 Å². The van der Waals surface area contributed by atoms with Crippen LogP contribution >= 0.6 is 0 Å². The third-order valence-electron chi connectivity index (χ3n) is 5.35. The highest BCUT2D eigenvalue weighted by atomic mass is 19.3. The van der Waals surface area contributed by atoms with Crippen LogP contribution in [0.3, 0.4) is 0 Å². The zero-order chi connectivity index (χ0) is 24.9. The Hall–Kier alpha value is -4.09. The van der Waals surface area contributed by atoms with Gasteiger partial charge in [0.15, 0.2) is 0 Å². The van der Waals surface area contributed by atoms with Crippen molar-refractivity contribution in [1.82, 2.24) is 25.8 Å². The fourth-order valence-electron chi connectivity index (χ4n) is 3.43. The summed E-state index contributed by atoms with van der Waals surface area (Å²) in [7, 11) is 0. The number of H-pyrrole nitrogens is 1. The lowest BCUT2D eigenvalue weighted by atomic mass is 10.1. The van der Waals surface area contributed by atoms with E-state index in [2.05, 4.69) is 25.8 Å². The van der Waals surface area contributed by atoms with Gasteiger partial charge in [-0.3, -0.25) is 19.5 Å². The summed E-state index contributed by atoms with van der Waals surface area (Å²) in [4.78, 5) is 40.1. The van der Waals surface area contributed by atoms with Crippen LogP contribution in [0.25, 0.3) is 22.7 Å². The second kappa shape index (κ2) is 10.5. The summed E-state index contributed by atoms with van der Waals surface area (Å²) in [5, 5.41) is 11.5. The number of ether oxygens (including phenoxy) is 1. The van der Waals surface area contributed by atoms with Gasteiger partial charge in [-0.25, -0.2) is 13.8 Å². The van der Waals surface area contributed by atoms with Gasteiger partial charge < -0.3 is 19.8 Å². The fourth-order valence-corrected chi connectivity index (χ4v) is 3.43. The van der Waals surface area contributed by atoms with Crippen LogP contribution < -0.4 is 10.6 Å². The van der Waals surface area contributed by atoms with Crippen molar-refractivity contribution < 1.29 is 32.3 Å². The number of nitrogens with zero attached hydrogens (tertiary/aromatic N) is 2. The van der Waals surface area contributed by atoms with Crippen LogP contribution in [0.5, 0.6) is 0 Å². The molecule has 1 unspecified atom stereocenters. The van der Waals surface area contributed by atoms with Crippen molar-refractivity contribution in [1.29, 1.82) is 0 Å². The standard InChI is InChI=1S/C23H23F2N5O5/c1-2-34-18(31)11-26-22(33)17-10-27-23(35-17)14-5-3-4-13(8-14)15-9-16(30-29-15)21(32)28-19(20(24)25)12-6-7-12/h3-5,8-10,12,19-20H,2,6-7,11H2,1H3,(H,26,33)(H,28,32)(H,29,30). The monoisotopic (exact) mass is 487 g/mol. The number of benzene rings is 1. The van der Waals surface area contributed by atoms with E-state index < -0.39 is 30.3 Å². The number of aromatic nitrogens is 3. The van der Waals surface area contributed by atoms with E-state index in [4.69, 9.17) is 9.15 Å². The minimum atomic E-state index is -2.64. The summed E-state index contributed by atoms with van der Waals surface area (Å²) in [5.74, 6) is -1.97. The molecule has 184 valence electrons. The molecule has 2 heterocycles. The number of carbonyl (C=O) groups excluding carboxylic acids is 3. The van der Waals surface area contributed by atoms with Crippen molar-refractivity contribution in [2.75, 3.05) is 13.2 Å². The van der Waals surface area contributed by atoms with Gasteiger partial charge in [-0.15, -0.1) is 0 Å². The van der Waals surface area contributed by atoms with Gasteiger partial charge in [-0.05, 0) is 43.9 Å². The molecular weight excluding hydrogens is 464 g/mol. The highest BCUT2D eigenvalue weighted by molar-refractivity contribution is 5.94. The molecule has 12 heteroatoms. The molecule has 3 aromatic rings. The highest BCUT2D eigenvalue weighted by Gasteiger charge is 2.38. The SMILES string of the molecule is CCOC(=O)CNC(=O)c1cnc(-c2cccc(-c3cc(C(=O)NC(C(F)F)C4CC4)[nH]n3)c2)o1. The number of halogens is 2. The molecule has 1 fully saturated rings. The molecule has 1 aliphatic carbocycles. The lowest BCUT2D eigenvalue weighted by Crippen LogP contribution is -2.41. The van der Waals surface area contributed by atoms with Crippen molar-refractivity contribution in [3.63, 3.8) is 0 Å². The van der Waals surface area contributed by atoms with Gasteiger partial charge in [0.2, 0.25) is 11.7 Å². The normalized spacial score (nSPS) is 13.9. The van der Waals surface area contributed by atoms with E-state index in [0.29, 0.717) is 29.7 Å². The van der Waals surface area contributed by atoms with Gasteiger partial charge in [0.25, 0.3) is 18.2 Å². The second-order valence-electron chi connectivity index (χ2n) is 7.94. The number of oxazole rings is 1. The number of aromatic amines is 1. The van der Waals surface area contributed by atoms with Crippen molar-refractivity contribution in [2.45, 2.75) is 32.2 Å². The average molecular weight is 487 g/mol. The number of esters is 1. The molecule has 0 bridgehead atoms. The topological polar surface area (TPSA) is 139 Å². The molecule has 0 saturated heterocycles. The van der Waals surface area contributed by atoms with Crippen LogP contribution in [0.1, 0.15) is 40.8 Å². The van der Waals surface area contributed by atoms with Crippen LogP contribution in [0, 0.1) is 5.92 Å². The summed E-state index contributed by atoms with van der Waals surface area (Å²) >= 11 is 0. The maximum atomic E-state index is 13.2. The number of alkyl halides is 2. The smallest absolute Gasteiger partial charge is 0.325 e. The predicted octanol–water partition coefficient (Wildman–Crippen LogP) is 2.80. The van der Waals surface area contributed by atoms with Crippen molar-refractivity contribution >= 4 is 17.8 Å². The Labute approximate surface area is 198 Å². The number of carbonyl (C=O) groups is 3. The number of nitrogens with one attached hydrogen (secondary N) is 3. The molecule has 3 N–H and O–H groups in total. The zero-order valence-corrected chi connectivity index (χ0v) is 18.7. The first kappa shape index (κ1) is 24.0. The lowest BCUT2D eigenvalue weighted by Gasteiger charge is -2.16. The molecule has 35 heavy (non-hydrogen) atoms. The van der Waals surface area contributed by atoms with Crippen LogP contribution in [0.15, 0.2) is 40.9 Å². The number of amides is 2. The summed E-state index contributed by atoms with van der Waals surface area (Å²) in [5.41, 5.74) is 1.62. The first-order chi connectivity index (χ1) is 16.9. The Morgan fingerprint density at radius 1 is 1.20 bits per heavy atom. The summed E-state index contributed by atoms with van der Waals surface area (Å²) < 4.78 is 36.7. The molecule has 0 radical (unpaired) electrons. The van der Waals surface area contributed by atoms with E-state index in [9.17, 15) is 23.2 Å². The molecule has 4 rings (SSSR count). The average Bonchev–Trinajstić information content (AvgIpc) is 3.34. The molecule has 2 amide bonds. The highest BCUT2D eigenvalue weighted by Crippen LogP contribution is 2.35. The first-order valence-electron chi connectivity index (χ1n) is 11.0. The maximum absolute atomic E-state index is 13.2. The molecule has 10 nitrogen and oxygen atoms in total. The summed E-state index contributed by atoms with van der Waals surface area (Å²) in [6.45, 7) is 1.56. The van der Waals surface area contributed by atoms with Crippen LogP contribution in [-0.4, -0.2) is 58.6 Å². The minimum Gasteiger partial charge on any atom is -0.465 e. The lowest BCUT2D eigenvalue weighted by molar-refractivity contribution is -0.141. The number of hydrogen-bond donors (Lipinski definition) is 3. The zero-order valence-electron chi connectivity index (χ0n) is 18.7. The van der Waals surface area contributed by atoms with E-state index in [0.717, 1.165) is 0 Å². The Bertz CT molecular complexity index is 1220. The van der Waals surface area contributed by atoms with Gasteiger partial charge in [0.1, 0.15) is 12.2 Å². The van der Waals surface area contributed by atoms with E-state index in [1.54, 1.807) is 31.2 Å². The molecule has 1 atom stereocenters. The molecule has 0 spiro atoms. The third-order valence-corrected chi connectivity index (χ3v) is 5.35. The molecule has 1 aliphatic rings. The molecular formula is C23H23F2N5O5. The van der Waals surface area contributed by atoms with E-state index in [1.165, 1.54) is 12.3 Å². The molecule has 1 aromatic carbocycles. The van der Waals surface area contributed by atoms with Gasteiger partial charge in [-0.2, -0.15) is 5.10 Å². The van der Waals surface area contributed by atoms with Crippen molar-refractivity contribution in [3.8, 4) is 22.7 Å². The summed E-state index contributed by atoms with van der Waals surface area (Å²) in [6, 6.07) is 7.14. The number of rotatable bonds is 10. The van der Waals surface area contributed by atoms with Gasteiger partial charge in [0, 0.05) is 11.1 Å². The first-order valence-corrected chi connectivity index (χ1v) is 11.0. The van der Waals surface area contributed by atoms with E-state index in [-0.39, 0.29) is 36.4 Å². The Kier molecular flexibility index (Phi) is 7.18. The quantitative estimate of drug-likeness (QED) is 0.374. The van der Waals surface area contributed by atoms with Crippen molar-refractivity contribution in [2.24, 2.45) is 5.92 Å². The van der Waals surface area contributed by atoms with Crippen molar-refractivity contribution in [3.05, 3.63) is 48.0 Å². The predicted molar refractivity (Wildman–Crippen MR) is 118 cm³/mol. The molecule has 0 aliphatic heterocycles. The van der Waals surface area contributed by atoms with Gasteiger partial charge in [0.05, 0.1) is 24.5 Å². The van der Waals surface area contributed by atoms with Crippen LogP contribution in [0.2, 0.25) is 0 Å². The molecule has 1 saturated carbocycles. The number of hydrogen-bond acceptors (Lipinski definition) is 7. The fraction of sp³-hybridized carbons (Fsp3) is 0.348. The molecule has 2 aromatic heterocycles. The Balaban J connectivity index is 1.44. The Morgan fingerprint density at radius 2 is 1.97 bits per heavy atom. The minimum absolute atomic E-state index is 0.0633. The van der Waals surface area contributed by atoms with E-state index >= 15 is 0 Å².